The molecule has 0 aliphatic carbocycles. The average molecular weight is 252 g/mol. The van der Waals surface area contributed by atoms with Crippen molar-refractivity contribution in [3.63, 3.8) is 0 Å². The molecule has 0 spiro atoms. The summed E-state index contributed by atoms with van der Waals surface area (Å²) in [6, 6.07) is -0.336. The molecule has 8 heteroatoms. The van der Waals surface area contributed by atoms with Crippen molar-refractivity contribution in [3.05, 3.63) is 11.9 Å². The van der Waals surface area contributed by atoms with Gasteiger partial charge >= 0.3 is 6.18 Å². The van der Waals surface area contributed by atoms with Crippen LogP contribution in [0.5, 0.6) is 0 Å². The fraction of sp³-hybridized carbons (Fsp3) is 0.778. The molecule has 0 saturated heterocycles. The molecule has 2 unspecified atom stereocenters. The van der Waals surface area contributed by atoms with Gasteiger partial charge in [-0.3, -0.25) is 0 Å². The number of hydrogen-bond acceptors (Lipinski definition) is 4. The Morgan fingerprint density at radius 1 is 1.53 bits per heavy atom. The lowest BCUT2D eigenvalue weighted by atomic mass is 10.1. The van der Waals surface area contributed by atoms with Gasteiger partial charge in [-0.2, -0.15) is 13.2 Å². The van der Waals surface area contributed by atoms with Gasteiger partial charge in [0.1, 0.15) is 0 Å². The van der Waals surface area contributed by atoms with E-state index in [2.05, 4.69) is 10.3 Å². The van der Waals surface area contributed by atoms with Gasteiger partial charge in [0.25, 0.3) is 0 Å². The van der Waals surface area contributed by atoms with E-state index >= 15 is 0 Å². The van der Waals surface area contributed by atoms with Gasteiger partial charge in [0.05, 0.1) is 24.5 Å². The molecule has 1 aromatic heterocycles. The van der Waals surface area contributed by atoms with E-state index in [1.807, 2.05) is 6.92 Å². The molecule has 0 aliphatic rings. The lowest BCUT2D eigenvalue weighted by Crippen LogP contribution is -2.33. The molecule has 2 atom stereocenters. The minimum Gasteiger partial charge on any atom is -0.382 e. The normalized spacial score (nSPS) is 15.9. The van der Waals surface area contributed by atoms with Crippen LogP contribution in [0.1, 0.15) is 31.5 Å². The smallest absolute Gasteiger partial charge is 0.382 e. The molecule has 1 heterocycles. The van der Waals surface area contributed by atoms with Crippen LogP contribution in [0.4, 0.5) is 13.2 Å². The molecule has 3 N–H and O–H groups in total. The first-order valence-electron chi connectivity index (χ1n) is 5.25. The summed E-state index contributed by atoms with van der Waals surface area (Å²) < 4.78 is 37.2. The monoisotopic (exact) mass is 252 g/mol. The van der Waals surface area contributed by atoms with Crippen molar-refractivity contribution < 1.29 is 18.3 Å². The zero-order valence-corrected chi connectivity index (χ0v) is 9.35. The maximum Gasteiger partial charge on any atom is 0.416 e. The predicted molar refractivity (Wildman–Crippen MR) is 53.9 cm³/mol. The van der Waals surface area contributed by atoms with Crippen LogP contribution < -0.4 is 5.73 Å². The molecule has 1 aromatic rings. The van der Waals surface area contributed by atoms with Crippen LogP contribution in [0.3, 0.4) is 0 Å². The van der Waals surface area contributed by atoms with E-state index < -0.39 is 18.8 Å². The van der Waals surface area contributed by atoms with E-state index in [-0.39, 0.29) is 6.04 Å². The Bertz CT molecular complexity index is 352. The molecule has 5 nitrogen and oxygen atoms in total. The number of nitrogens with two attached hydrogens (primary N) is 1. The average Bonchev–Trinajstić information content (AvgIpc) is 2.65. The van der Waals surface area contributed by atoms with Gasteiger partial charge in [-0.05, 0) is 6.42 Å². The van der Waals surface area contributed by atoms with Gasteiger partial charge in [-0.15, -0.1) is 5.10 Å². The third-order valence-corrected chi connectivity index (χ3v) is 2.27. The molecular weight excluding hydrogens is 237 g/mol. The lowest BCUT2D eigenvalue weighted by Gasteiger charge is -2.13. The van der Waals surface area contributed by atoms with Gasteiger partial charge < -0.3 is 10.8 Å². The first-order chi connectivity index (χ1) is 7.84. The second kappa shape index (κ2) is 5.46. The molecular formula is C9H15F3N4O. The molecule has 0 saturated carbocycles. The van der Waals surface area contributed by atoms with E-state index in [0.29, 0.717) is 12.1 Å². The summed E-state index contributed by atoms with van der Waals surface area (Å²) >= 11 is 0. The topological polar surface area (TPSA) is 77.0 Å². The zero-order valence-electron chi connectivity index (χ0n) is 9.35. The number of aliphatic hydroxyl groups is 1. The van der Waals surface area contributed by atoms with Crippen molar-refractivity contribution >= 4 is 0 Å². The molecule has 0 aromatic carbocycles. The quantitative estimate of drug-likeness (QED) is 0.819. The lowest BCUT2D eigenvalue weighted by molar-refractivity contribution is -0.208. The van der Waals surface area contributed by atoms with E-state index in [4.69, 9.17) is 10.8 Å². The SMILES string of the molecule is CCCC(N)c1cn(CC(O)C(F)(F)F)nn1. The van der Waals surface area contributed by atoms with Crippen LogP contribution in [0.2, 0.25) is 0 Å². The highest BCUT2D eigenvalue weighted by molar-refractivity contribution is 4.99. The highest BCUT2D eigenvalue weighted by atomic mass is 19.4. The van der Waals surface area contributed by atoms with Gasteiger partial charge in [0, 0.05) is 0 Å². The molecule has 0 bridgehead atoms. The Morgan fingerprint density at radius 3 is 2.71 bits per heavy atom. The Balaban J connectivity index is 2.63. The van der Waals surface area contributed by atoms with Crippen molar-refractivity contribution in [2.24, 2.45) is 5.73 Å². The van der Waals surface area contributed by atoms with Gasteiger partial charge in [-0.1, -0.05) is 18.6 Å². The van der Waals surface area contributed by atoms with Crippen LogP contribution in [0, 0.1) is 0 Å². The standard InChI is InChI=1S/C9H15F3N4O/c1-2-3-6(13)7-4-16(15-14-7)5-8(17)9(10,11)12/h4,6,8,17H,2-3,5,13H2,1H3. The van der Waals surface area contributed by atoms with E-state index in [1.165, 1.54) is 6.20 Å². The summed E-state index contributed by atoms with van der Waals surface area (Å²) in [4.78, 5) is 0. The number of rotatable bonds is 5. The van der Waals surface area contributed by atoms with Gasteiger partial charge in [0.15, 0.2) is 6.10 Å². The maximum atomic E-state index is 12.1. The van der Waals surface area contributed by atoms with E-state index in [1.54, 1.807) is 0 Å². The second-order valence-electron chi connectivity index (χ2n) is 3.82. The summed E-state index contributed by atoms with van der Waals surface area (Å²) in [6.45, 7) is 1.27. The van der Waals surface area contributed by atoms with Crippen molar-refractivity contribution in [3.8, 4) is 0 Å². The number of aliphatic hydroxyl groups excluding tert-OH is 1. The van der Waals surface area contributed by atoms with Crippen LogP contribution in [-0.4, -0.2) is 32.4 Å². The Hall–Kier alpha value is -1.15. The van der Waals surface area contributed by atoms with Crippen molar-refractivity contribution in [1.82, 2.24) is 15.0 Å². The van der Waals surface area contributed by atoms with Crippen molar-refractivity contribution in [2.75, 3.05) is 0 Å². The second-order valence-corrected chi connectivity index (χ2v) is 3.82. The molecule has 1 rings (SSSR count). The number of halogens is 3. The van der Waals surface area contributed by atoms with Crippen molar-refractivity contribution in [2.45, 2.75) is 44.6 Å². The minimum atomic E-state index is -4.66. The third kappa shape index (κ3) is 3.97. The zero-order chi connectivity index (χ0) is 13.1. The number of alkyl halides is 3. The summed E-state index contributed by atoms with van der Waals surface area (Å²) in [6.07, 6.45) is -4.24. The van der Waals surface area contributed by atoms with E-state index in [0.717, 1.165) is 11.1 Å². The fourth-order valence-electron chi connectivity index (χ4n) is 1.31. The predicted octanol–water partition coefficient (Wildman–Crippen LogP) is 1.00. The Labute approximate surface area is 96.4 Å². The number of hydrogen-bond donors (Lipinski definition) is 2. The number of aromatic nitrogens is 3. The summed E-state index contributed by atoms with van der Waals surface area (Å²) in [5, 5.41) is 16.0. The van der Waals surface area contributed by atoms with Crippen LogP contribution in [0.25, 0.3) is 0 Å². The molecule has 17 heavy (non-hydrogen) atoms. The first-order valence-corrected chi connectivity index (χ1v) is 5.25. The molecule has 0 amide bonds. The third-order valence-electron chi connectivity index (χ3n) is 2.27. The minimum absolute atomic E-state index is 0.336. The summed E-state index contributed by atoms with van der Waals surface area (Å²) in [7, 11) is 0. The Kier molecular flexibility index (Phi) is 4.47. The Morgan fingerprint density at radius 2 is 2.18 bits per heavy atom. The molecule has 98 valence electrons. The van der Waals surface area contributed by atoms with Gasteiger partial charge in [0.2, 0.25) is 0 Å². The van der Waals surface area contributed by atoms with Crippen molar-refractivity contribution in [1.29, 1.82) is 0 Å². The first kappa shape index (κ1) is 13.9. The highest BCUT2D eigenvalue weighted by Gasteiger charge is 2.38. The van der Waals surface area contributed by atoms with Gasteiger partial charge in [-0.25, -0.2) is 4.68 Å². The number of nitrogens with zero attached hydrogens (tertiary/aromatic N) is 3. The molecule has 0 aliphatic heterocycles. The highest BCUT2D eigenvalue weighted by Crippen LogP contribution is 2.21. The maximum absolute atomic E-state index is 12.1. The molecule has 0 fully saturated rings. The molecule has 0 radical (unpaired) electrons. The fourth-order valence-corrected chi connectivity index (χ4v) is 1.31. The summed E-state index contributed by atoms with van der Waals surface area (Å²) in [5.74, 6) is 0. The van der Waals surface area contributed by atoms with Crippen LogP contribution in [0.15, 0.2) is 6.20 Å². The van der Waals surface area contributed by atoms with Crippen LogP contribution in [-0.2, 0) is 6.54 Å². The largest absolute Gasteiger partial charge is 0.416 e. The summed E-state index contributed by atoms with van der Waals surface area (Å²) in [5.41, 5.74) is 6.17. The van der Waals surface area contributed by atoms with Crippen LogP contribution >= 0.6 is 0 Å². The van der Waals surface area contributed by atoms with E-state index in [9.17, 15) is 13.2 Å².